The van der Waals surface area contributed by atoms with Crippen LogP contribution in [0, 0.1) is 12.8 Å². The van der Waals surface area contributed by atoms with E-state index >= 15 is 0 Å². The largest absolute Gasteiger partial charge is 0.369 e. The molecular weight excluding hydrogens is 380 g/mol. The van der Waals surface area contributed by atoms with E-state index in [2.05, 4.69) is 20.4 Å². The van der Waals surface area contributed by atoms with Gasteiger partial charge < -0.3 is 20.0 Å². The summed E-state index contributed by atoms with van der Waals surface area (Å²) < 4.78 is 0. The minimum atomic E-state index is -0.274. The Bertz CT molecular complexity index is 891. The highest BCUT2D eigenvalue weighted by atomic mass is 16.2. The molecule has 0 saturated carbocycles. The van der Waals surface area contributed by atoms with Crippen LogP contribution in [0.1, 0.15) is 18.9 Å². The van der Waals surface area contributed by atoms with Crippen molar-refractivity contribution >= 4 is 29.1 Å². The average molecular weight is 409 g/mol. The van der Waals surface area contributed by atoms with Crippen molar-refractivity contribution in [1.29, 1.82) is 0 Å². The number of piperazine rings is 1. The minimum Gasteiger partial charge on any atom is -0.369 e. The van der Waals surface area contributed by atoms with Crippen LogP contribution in [-0.2, 0) is 9.59 Å². The Morgan fingerprint density at radius 1 is 1.07 bits per heavy atom. The summed E-state index contributed by atoms with van der Waals surface area (Å²) in [4.78, 5) is 31.3. The van der Waals surface area contributed by atoms with Crippen molar-refractivity contribution in [3.05, 3.63) is 42.0 Å². The van der Waals surface area contributed by atoms with Crippen LogP contribution in [0.4, 0.5) is 17.3 Å². The summed E-state index contributed by atoms with van der Waals surface area (Å²) >= 11 is 0. The number of carbonyl (C=O) groups is 2. The number of rotatable bonds is 5. The van der Waals surface area contributed by atoms with Crippen LogP contribution in [0.25, 0.3) is 0 Å². The first-order valence-corrected chi connectivity index (χ1v) is 10.5. The van der Waals surface area contributed by atoms with Gasteiger partial charge in [0.1, 0.15) is 5.82 Å². The highest BCUT2D eigenvalue weighted by Gasteiger charge is 2.38. The molecule has 1 atom stereocenters. The van der Waals surface area contributed by atoms with Gasteiger partial charge in [-0.2, -0.15) is 0 Å². The molecule has 158 valence electrons. The zero-order chi connectivity index (χ0) is 21.1. The van der Waals surface area contributed by atoms with E-state index in [-0.39, 0.29) is 24.2 Å². The second-order valence-electron chi connectivity index (χ2n) is 7.86. The third kappa shape index (κ3) is 4.22. The predicted molar refractivity (Wildman–Crippen MR) is 117 cm³/mol. The van der Waals surface area contributed by atoms with Gasteiger partial charge in [0.25, 0.3) is 0 Å². The molecule has 1 unspecified atom stereocenters. The number of aromatic nitrogens is 2. The van der Waals surface area contributed by atoms with E-state index in [9.17, 15) is 9.59 Å². The van der Waals surface area contributed by atoms with Crippen LogP contribution in [0.15, 0.2) is 36.4 Å². The molecule has 2 saturated heterocycles. The number of amides is 2. The molecule has 0 spiro atoms. The van der Waals surface area contributed by atoms with Crippen molar-refractivity contribution in [2.24, 2.45) is 5.92 Å². The lowest BCUT2D eigenvalue weighted by Gasteiger charge is -2.36. The molecule has 0 radical (unpaired) electrons. The Labute approximate surface area is 176 Å². The summed E-state index contributed by atoms with van der Waals surface area (Å²) in [5, 5.41) is 11.6. The number of anilines is 3. The third-order valence-electron chi connectivity index (χ3n) is 5.74. The Balaban J connectivity index is 1.33. The number of nitrogens with one attached hydrogen (secondary N) is 1. The Morgan fingerprint density at radius 2 is 1.80 bits per heavy atom. The van der Waals surface area contributed by atoms with Crippen molar-refractivity contribution in [2.75, 3.05) is 54.4 Å². The first kappa shape index (κ1) is 20.1. The van der Waals surface area contributed by atoms with Crippen LogP contribution in [-0.4, -0.2) is 66.2 Å². The maximum absolute atomic E-state index is 13.0. The maximum atomic E-state index is 13.0. The standard InChI is InChI=1S/C22H28N6O2/c1-3-23-19-8-9-20(25-24-19)26-10-12-27(13-11-26)22(30)17-14-21(29)28(15-17)18-6-4-16(2)5-7-18/h4-9,17H,3,10-15H2,1-2H3,(H,23,24). The zero-order valence-electron chi connectivity index (χ0n) is 17.5. The first-order valence-electron chi connectivity index (χ1n) is 10.5. The zero-order valence-corrected chi connectivity index (χ0v) is 17.5. The van der Waals surface area contributed by atoms with E-state index in [4.69, 9.17) is 0 Å². The van der Waals surface area contributed by atoms with Gasteiger partial charge in [0, 0.05) is 51.4 Å². The molecule has 0 aliphatic carbocycles. The molecule has 2 aromatic rings. The van der Waals surface area contributed by atoms with Crippen LogP contribution in [0.5, 0.6) is 0 Å². The monoisotopic (exact) mass is 408 g/mol. The van der Waals surface area contributed by atoms with E-state index in [1.165, 1.54) is 0 Å². The van der Waals surface area contributed by atoms with Crippen molar-refractivity contribution in [2.45, 2.75) is 20.3 Å². The van der Waals surface area contributed by atoms with E-state index < -0.39 is 0 Å². The fourth-order valence-corrected chi connectivity index (χ4v) is 4.03. The second-order valence-corrected chi connectivity index (χ2v) is 7.86. The fourth-order valence-electron chi connectivity index (χ4n) is 4.03. The number of nitrogens with zero attached hydrogens (tertiary/aromatic N) is 5. The summed E-state index contributed by atoms with van der Waals surface area (Å²) in [5.74, 6) is 1.41. The van der Waals surface area contributed by atoms with E-state index in [0.29, 0.717) is 32.7 Å². The number of hydrogen-bond acceptors (Lipinski definition) is 6. The Kier molecular flexibility index (Phi) is 5.83. The van der Waals surface area contributed by atoms with Crippen molar-refractivity contribution in [3.8, 4) is 0 Å². The van der Waals surface area contributed by atoms with E-state index in [1.54, 1.807) is 4.90 Å². The van der Waals surface area contributed by atoms with Crippen LogP contribution >= 0.6 is 0 Å². The van der Waals surface area contributed by atoms with Gasteiger partial charge in [-0.3, -0.25) is 9.59 Å². The van der Waals surface area contributed by atoms with Crippen molar-refractivity contribution in [1.82, 2.24) is 15.1 Å². The second kappa shape index (κ2) is 8.69. The van der Waals surface area contributed by atoms with Crippen molar-refractivity contribution < 1.29 is 9.59 Å². The van der Waals surface area contributed by atoms with Gasteiger partial charge in [0.05, 0.1) is 5.92 Å². The quantitative estimate of drug-likeness (QED) is 0.814. The van der Waals surface area contributed by atoms with E-state index in [0.717, 1.165) is 29.4 Å². The average Bonchev–Trinajstić information content (AvgIpc) is 3.16. The molecule has 8 heteroatoms. The topological polar surface area (TPSA) is 81.7 Å². The molecule has 3 heterocycles. The van der Waals surface area contributed by atoms with Gasteiger partial charge in [0.2, 0.25) is 11.8 Å². The van der Waals surface area contributed by atoms with Gasteiger partial charge >= 0.3 is 0 Å². The summed E-state index contributed by atoms with van der Waals surface area (Å²) in [5.41, 5.74) is 2.02. The highest BCUT2D eigenvalue weighted by molar-refractivity contribution is 6.00. The molecule has 2 aliphatic rings. The van der Waals surface area contributed by atoms with Crippen molar-refractivity contribution in [3.63, 3.8) is 0 Å². The minimum absolute atomic E-state index is 0.0203. The molecule has 8 nitrogen and oxygen atoms in total. The summed E-state index contributed by atoms with van der Waals surface area (Å²) in [7, 11) is 0. The summed E-state index contributed by atoms with van der Waals surface area (Å²) in [6, 6.07) is 11.8. The molecule has 2 aliphatic heterocycles. The van der Waals surface area contributed by atoms with Gasteiger partial charge in [-0.1, -0.05) is 17.7 Å². The lowest BCUT2D eigenvalue weighted by atomic mass is 10.1. The number of benzene rings is 1. The molecule has 2 fully saturated rings. The SMILES string of the molecule is CCNc1ccc(N2CCN(C(=O)C3CC(=O)N(c4ccc(C)cc4)C3)CC2)nn1. The Morgan fingerprint density at radius 3 is 2.43 bits per heavy atom. The molecule has 0 bridgehead atoms. The number of carbonyl (C=O) groups excluding carboxylic acids is 2. The van der Waals surface area contributed by atoms with E-state index in [1.807, 2.05) is 55.1 Å². The van der Waals surface area contributed by atoms with Gasteiger partial charge in [-0.05, 0) is 38.1 Å². The van der Waals surface area contributed by atoms with Crippen LogP contribution in [0.3, 0.4) is 0 Å². The highest BCUT2D eigenvalue weighted by Crippen LogP contribution is 2.27. The molecule has 1 aromatic carbocycles. The predicted octanol–water partition coefficient (Wildman–Crippen LogP) is 1.92. The summed E-state index contributed by atoms with van der Waals surface area (Å²) in [6.45, 7) is 7.98. The third-order valence-corrected chi connectivity index (χ3v) is 5.74. The Hall–Kier alpha value is -3.16. The van der Waals surface area contributed by atoms with Gasteiger partial charge in [0.15, 0.2) is 5.82 Å². The normalized spacial score (nSPS) is 19.3. The summed E-state index contributed by atoms with van der Waals surface area (Å²) in [6.07, 6.45) is 0.282. The molecule has 2 amide bonds. The molecule has 4 rings (SSSR count). The molecular formula is C22H28N6O2. The number of hydrogen-bond donors (Lipinski definition) is 1. The smallest absolute Gasteiger partial charge is 0.228 e. The number of aryl methyl sites for hydroxylation is 1. The van der Waals surface area contributed by atoms with Crippen LogP contribution in [0.2, 0.25) is 0 Å². The maximum Gasteiger partial charge on any atom is 0.228 e. The fraction of sp³-hybridized carbons (Fsp3) is 0.455. The van der Waals surface area contributed by atoms with Crippen LogP contribution < -0.4 is 15.1 Å². The lowest BCUT2D eigenvalue weighted by molar-refractivity contribution is -0.136. The molecule has 1 N–H and O–H groups in total. The first-order chi connectivity index (χ1) is 14.5. The lowest BCUT2D eigenvalue weighted by Crippen LogP contribution is -2.51. The van der Waals surface area contributed by atoms with Gasteiger partial charge in [-0.25, -0.2) is 0 Å². The van der Waals surface area contributed by atoms with Gasteiger partial charge in [-0.15, -0.1) is 10.2 Å². The molecule has 1 aromatic heterocycles. The molecule has 30 heavy (non-hydrogen) atoms.